The minimum atomic E-state index is -0.466. The third kappa shape index (κ3) is 2.96. The molecule has 104 valence electrons. The van der Waals surface area contributed by atoms with Crippen LogP contribution in [0.2, 0.25) is 0 Å². The lowest BCUT2D eigenvalue weighted by Gasteiger charge is -2.08. The Balaban J connectivity index is 2.33. The summed E-state index contributed by atoms with van der Waals surface area (Å²) >= 11 is 3.40. The van der Waals surface area contributed by atoms with Crippen LogP contribution in [0.4, 0.5) is 5.69 Å². The molecule has 0 saturated carbocycles. The van der Waals surface area contributed by atoms with Gasteiger partial charge in [0.2, 0.25) is 0 Å². The largest absolute Gasteiger partial charge is 0.322 e. The van der Waals surface area contributed by atoms with E-state index in [0.717, 1.165) is 10.0 Å². The van der Waals surface area contributed by atoms with E-state index in [-0.39, 0.29) is 5.56 Å². The quantitative estimate of drug-likeness (QED) is 0.885. The highest BCUT2D eigenvalue weighted by Gasteiger charge is 2.15. The van der Waals surface area contributed by atoms with Crippen molar-refractivity contribution in [1.29, 1.82) is 0 Å². The molecule has 6 heteroatoms. The number of aromatic amines is 1. The number of carbonyl (C=O) groups is 1. The molecule has 1 heterocycles. The first-order valence-corrected chi connectivity index (χ1v) is 6.83. The number of aryl methyl sites for hydroxylation is 3. The molecule has 2 N–H and O–H groups in total. The molecule has 2 aromatic rings. The van der Waals surface area contributed by atoms with Crippen molar-refractivity contribution < 1.29 is 4.79 Å². The number of benzene rings is 1. The van der Waals surface area contributed by atoms with Crippen molar-refractivity contribution in [3.8, 4) is 0 Å². The molecule has 20 heavy (non-hydrogen) atoms. The molecule has 1 aromatic heterocycles. The molecule has 0 unspecified atom stereocenters. The molecule has 0 saturated heterocycles. The van der Waals surface area contributed by atoms with Gasteiger partial charge in [0.25, 0.3) is 11.5 Å². The van der Waals surface area contributed by atoms with Crippen molar-refractivity contribution >= 4 is 27.5 Å². The first-order valence-electron chi connectivity index (χ1n) is 6.03. The van der Waals surface area contributed by atoms with Gasteiger partial charge in [-0.2, -0.15) is 0 Å². The van der Waals surface area contributed by atoms with Crippen LogP contribution in [0.1, 0.15) is 27.4 Å². The van der Waals surface area contributed by atoms with Gasteiger partial charge in [0.05, 0.1) is 5.69 Å². The normalized spacial score (nSPS) is 10.4. The predicted molar refractivity (Wildman–Crippen MR) is 81.2 cm³/mol. The van der Waals surface area contributed by atoms with Crippen LogP contribution in [-0.4, -0.2) is 15.9 Å². The molecule has 0 atom stereocenters. The third-order valence-corrected chi connectivity index (χ3v) is 3.73. The molecule has 1 aromatic carbocycles. The number of anilines is 1. The molecule has 1 amide bonds. The van der Waals surface area contributed by atoms with Crippen LogP contribution in [0.3, 0.4) is 0 Å². The number of amides is 1. The average molecular weight is 336 g/mol. The molecule has 0 aliphatic rings. The Hall–Kier alpha value is -1.95. The van der Waals surface area contributed by atoms with Gasteiger partial charge in [-0.1, -0.05) is 22.0 Å². The zero-order valence-corrected chi connectivity index (χ0v) is 13.0. The van der Waals surface area contributed by atoms with Crippen molar-refractivity contribution in [2.24, 2.45) is 0 Å². The molecule has 0 fully saturated rings. The number of aromatic nitrogens is 2. The SMILES string of the molecule is Cc1nc(C)c(C(=O)Nc2ccc(C)c(Br)c2)c(=O)[nH]1. The van der Waals surface area contributed by atoms with Crippen molar-refractivity contribution in [2.75, 3.05) is 5.32 Å². The molecule has 5 nitrogen and oxygen atoms in total. The van der Waals surface area contributed by atoms with E-state index in [9.17, 15) is 9.59 Å². The lowest BCUT2D eigenvalue weighted by Crippen LogP contribution is -2.26. The minimum absolute atomic E-state index is 0.0345. The summed E-state index contributed by atoms with van der Waals surface area (Å²) in [4.78, 5) is 30.7. The van der Waals surface area contributed by atoms with E-state index in [1.807, 2.05) is 13.0 Å². The zero-order valence-electron chi connectivity index (χ0n) is 11.4. The summed E-state index contributed by atoms with van der Waals surface area (Å²) in [6.07, 6.45) is 0. The highest BCUT2D eigenvalue weighted by atomic mass is 79.9. The zero-order chi connectivity index (χ0) is 14.9. The summed E-state index contributed by atoms with van der Waals surface area (Å²) in [5, 5.41) is 2.70. The van der Waals surface area contributed by atoms with E-state index in [2.05, 4.69) is 31.2 Å². The number of nitrogens with one attached hydrogen (secondary N) is 2. The standard InChI is InChI=1S/C14H14BrN3O2/c1-7-4-5-10(6-11(7)15)18-14(20)12-8(2)16-9(3)17-13(12)19/h4-6H,1-3H3,(H,18,20)(H,16,17,19). The fourth-order valence-electron chi connectivity index (χ4n) is 1.86. The van der Waals surface area contributed by atoms with Gasteiger partial charge in [-0.25, -0.2) is 4.98 Å². The van der Waals surface area contributed by atoms with Crippen LogP contribution in [0.5, 0.6) is 0 Å². The van der Waals surface area contributed by atoms with Gasteiger partial charge in [-0.05, 0) is 38.5 Å². The van der Waals surface area contributed by atoms with Gasteiger partial charge < -0.3 is 10.3 Å². The number of H-pyrrole nitrogens is 1. The van der Waals surface area contributed by atoms with E-state index < -0.39 is 11.5 Å². The maximum Gasteiger partial charge on any atom is 0.264 e. The summed E-state index contributed by atoms with van der Waals surface area (Å²) in [6, 6.07) is 5.45. The minimum Gasteiger partial charge on any atom is -0.322 e. The Kier molecular flexibility index (Phi) is 4.04. The molecule has 0 aliphatic heterocycles. The smallest absolute Gasteiger partial charge is 0.264 e. The monoisotopic (exact) mass is 335 g/mol. The second-order valence-electron chi connectivity index (χ2n) is 4.53. The van der Waals surface area contributed by atoms with Gasteiger partial charge in [0.15, 0.2) is 0 Å². The van der Waals surface area contributed by atoms with E-state index in [0.29, 0.717) is 17.2 Å². The molecule has 0 bridgehead atoms. The fraction of sp³-hybridized carbons (Fsp3) is 0.214. The number of halogens is 1. The van der Waals surface area contributed by atoms with Gasteiger partial charge in [0, 0.05) is 10.2 Å². The molecule has 0 aliphatic carbocycles. The topological polar surface area (TPSA) is 74.8 Å². The number of hydrogen-bond acceptors (Lipinski definition) is 3. The number of rotatable bonds is 2. The van der Waals surface area contributed by atoms with Crippen LogP contribution >= 0.6 is 15.9 Å². The maximum absolute atomic E-state index is 12.2. The highest BCUT2D eigenvalue weighted by molar-refractivity contribution is 9.10. The molecular weight excluding hydrogens is 322 g/mol. The number of carbonyl (C=O) groups excluding carboxylic acids is 1. The van der Waals surface area contributed by atoms with Crippen molar-refractivity contribution in [1.82, 2.24) is 9.97 Å². The van der Waals surface area contributed by atoms with Crippen LogP contribution in [0.25, 0.3) is 0 Å². The summed E-state index contributed by atoms with van der Waals surface area (Å²) in [6.45, 7) is 5.27. The lowest BCUT2D eigenvalue weighted by molar-refractivity contribution is 0.102. The van der Waals surface area contributed by atoms with Crippen LogP contribution in [0, 0.1) is 20.8 Å². The van der Waals surface area contributed by atoms with Crippen molar-refractivity contribution in [3.63, 3.8) is 0 Å². The maximum atomic E-state index is 12.2. The molecule has 2 rings (SSSR count). The number of nitrogens with zero attached hydrogens (tertiary/aromatic N) is 1. The first kappa shape index (κ1) is 14.5. The van der Waals surface area contributed by atoms with Crippen molar-refractivity contribution in [3.05, 3.63) is 55.7 Å². The summed E-state index contributed by atoms with van der Waals surface area (Å²) in [7, 11) is 0. The van der Waals surface area contributed by atoms with Gasteiger partial charge in [0.1, 0.15) is 11.4 Å². The van der Waals surface area contributed by atoms with Gasteiger partial charge in [-0.3, -0.25) is 9.59 Å². The predicted octanol–water partition coefficient (Wildman–Crippen LogP) is 2.71. The van der Waals surface area contributed by atoms with Crippen LogP contribution < -0.4 is 10.9 Å². The second kappa shape index (κ2) is 5.58. The Labute approximate surface area is 124 Å². The van der Waals surface area contributed by atoms with E-state index in [1.165, 1.54) is 0 Å². The first-order chi connectivity index (χ1) is 9.38. The molecule has 0 radical (unpaired) electrons. The second-order valence-corrected chi connectivity index (χ2v) is 5.38. The summed E-state index contributed by atoms with van der Waals surface area (Å²) in [5.41, 5.74) is 1.70. The highest BCUT2D eigenvalue weighted by Crippen LogP contribution is 2.21. The van der Waals surface area contributed by atoms with E-state index in [1.54, 1.807) is 26.0 Å². The average Bonchev–Trinajstić information content (AvgIpc) is 2.32. The molecule has 0 spiro atoms. The summed E-state index contributed by atoms with van der Waals surface area (Å²) < 4.78 is 0.892. The lowest BCUT2D eigenvalue weighted by atomic mass is 10.2. The Bertz CT molecular complexity index is 738. The van der Waals surface area contributed by atoms with Crippen LogP contribution in [0.15, 0.2) is 27.5 Å². The molecular formula is C14H14BrN3O2. The Morgan fingerprint density at radius 3 is 2.60 bits per heavy atom. The van der Waals surface area contributed by atoms with Gasteiger partial charge >= 0.3 is 0 Å². The number of hydrogen-bond donors (Lipinski definition) is 2. The Morgan fingerprint density at radius 1 is 1.30 bits per heavy atom. The van der Waals surface area contributed by atoms with Crippen LogP contribution in [-0.2, 0) is 0 Å². The van der Waals surface area contributed by atoms with Gasteiger partial charge in [-0.15, -0.1) is 0 Å². The fourth-order valence-corrected chi connectivity index (χ4v) is 2.24. The van der Waals surface area contributed by atoms with Crippen molar-refractivity contribution in [2.45, 2.75) is 20.8 Å². The van der Waals surface area contributed by atoms with E-state index in [4.69, 9.17) is 0 Å². The third-order valence-electron chi connectivity index (χ3n) is 2.88. The summed E-state index contributed by atoms with van der Waals surface area (Å²) in [5.74, 6) is 0.0223. The van der Waals surface area contributed by atoms with E-state index >= 15 is 0 Å². The Morgan fingerprint density at radius 2 is 2.00 bits per heavy atom.